The molecular formula is C17H24N2O4S. The number of carboxylic acid groups (broad SMARTS) is 1. The van der Waals surface area contributed by atoms with Gasteiger partial charge in [0.15, 0.2) is 0 Å². The van der Waals surface area contributed by atoms with Crippen molar-refractivity contribution in [3.8, 4) is 0 Å². The van der Waals surface area contributed by atoms with Gasteiger partial charge in [-0.05, 0) is 69.5 Å². The fourth-order valence-corrected chi connectivity index (χ4v) is 5.51. The fraction of sp³-hybridized carbons (Fsp3) is 0.588. The molecule has 0 amide bonds. The lowest BCUT2D eigenvalue weighted by Gasteiger charge is -2.24. The van der Waals surface area contributed by atoms with Crippen molar-refractivity contribution in [1.29, 1.82) is 0 Å². The first-order chi connectivity index (χ1) is 11.3. The van der Waals surface area contributed by atoms with E-state index in [1.54, 1.807) is 13.8 Å². The molecule has 0 spiro atoms. The molecule has 24 heavy (non-hydrogen) atoms. The van der Waals surface area contributed by atoms with Crippen LogP contribution < -0.4 is 0 Å². The zero-order chi connectivity index (χ0) is 17.5. The molecule has 2 saturated heterocycles. The Morgan fingerprint density at radius 1 is 1.17 bits per heavy atom. The van der Waals surface area contributed by atoms with Gasteiger partial charge >= 0.3 is 5.97 Å². The number of nitrogens with zero attached hydrogens (tertiary/aromatic N) is 2. The van der Waals surface area contributed by atoms with Crippen LogP contribution in [0.5, 0.6) is 0 Å². The van der Waals surface area contributed by atoms with Crippen LogP contribution >= 0.6 is 0 Å². The predicted molar refractivity (Wildman–Crippen MR) is 90.8 cm³/mol. The van der Waals surface area contributed by atoms with Gasteiger partial charge in [0.05, 0.1) is 10.5 Å². The van der Waals surface area contributed by atoms with Crippen molar-refractivity contribution in [3.63, 3.8) is 0 Å². The number of rotatable bonds is 4. The Morgan fingerprint density at radius 2 is 1.83 bits per heavy atom. The molecule has 0 aromatic heterocycles. The summed E-state index contributed by atoms with van der Waals surface area (Å²) >= 11 is 0. The third-order valence-electron chi connectivity index (χ3n) is 5.27. The Kier molecular flexibility index (Phi) is 4.68. The van der Waals surface area contributed by atoms with Gasteiger partial charge in [0, 0.05) is 19.1 Å². The lowest BCUT2D eigenvalue weighted by molar-refractivity contribution is 0.0696. The van der Waals surface area contributed by atoms with E-state index in [1.807, 2.05) is 0 Å². The number of sulfonamides is 1. The number of benzene rings is 1. The minimum atomic E-state index is -3.67. The van der Waals surface area contributed by atoms with E-state index in [4.69, 9.17) is 0 Å². The maximum atomic E-state index is 13.1. The van der Waals surface area contributed by atoms with Crippen molar-refractivity contribution in [2.75, 3.05) is 26.2 Å². The zero-order valence-electron chi connectivity index (χ0n) is 14.2. The van der Waals surface area contributed by atoms with Crippen molar-refractivity contribution >= 4 is 16.0 Å². The van der Waals surface area contributed by atoms with Gasteiger partial charge in [0.2, 0.25) is 10.0 Å². The quantitative estimate of drug-likeness (QED) is 0.895. The molecule has 1 aromatic carbocycles. The Hall–Kier alpha value is -1.44. The Bertz CT molecular complexity index is 754. The Labute approximate surface area is 143 Å². The number of aromatic carboxylic acids is 1. The third kappa shape index (κ3) is 3.08. The van der Waals surface area contributed by atoms with Gasteiger partial charge in [-0.15, -0.1) is 0 Å². The minimum absolute atomic E-state index is 0.0203. The first-order valence-electron chi connectivity index (χ1n) is 8.39. The molecule has 0 saturated carbocycles. The molecule has 132 valence electrons. The van der Waals surface area contributed by atoms with Crippen molar-refractivity contribution in [2.45, 2.75) is 44.0 Å². The Balaban J connectivity index is 1.89. The molecule has 1 aromatic rings. The monoisotopic (exact) mass is 352 g/mol. The first-order valence-corrected chi connectivity index (χ1v) is 9.83. The summed E-state index contributed by atoms with van der Waals surface area (Å²) in [6.45, 7) is 6.58. The number of carbonyl (C=O) groups is 1. The largest absolute Gasteiger partial charge is 0.478 e. The minimum Gasteiger partial charge on any atom is -0.478 e. The summed E-state index contributed by atoms with van der Waals surface area (Å²) in [4.78, 5) is 13.8. The van der Waals surface area contributed by atoms with Gasteiger partial charge in [-0.1, -0.05) is 0 Å². The summed E-state index contributed by atoms with van der Waals surface area (Å²) in [7, 11) is -3.67. The maximum absolute atomic E-state index is 13.1. The molecule has 2 fully saturated rings. The highest BCUT2D eigenvalue weighted by Gasteiger charge is 2.37. The topological polar surface area (TPSA) is 77.9 Å². The summed E-state index contributed by atoms with van der Waals surface area (Å²) < 4.78 is 27.6. The van der Waals surface area contributed by atoms with E-state index in [9.17, 15) is 18.3 Å². The number of likely N-dealkylation sites (tertiary alicyclic amines) is 1. The number of hydrogen-bond donors (Lipinski definition) is 1. The second kappa shape index (κ2) is 6.46. The summed E-state index contributed by atoms with van der Waals surface area (Å²) in [5, 5.41) is 9.23. The van der Waals surface area contributed by atoms with Crippen LogP contribution in [-0.2, 0) is 10.0 Å². The van der Waals surface area contributed by atoms with Crippen LogP contribution in [0.25, 0.3) is 0 Å². The van der Waals surface area contributed by atoms with Crippen LogP contribution in [0.1, 0.15) is 40.7 Å². The molecule has 2 aliphatic rings. The molecule has 1 N–H and O–H groups in total. The second-order valence-electron chi connectivity index (χ2n) is 6.77. The molecule has 0 aliphatic carbocycles. The highest BCUT2D eigenvalue weighted by molar-refractivity contribution is 7.89. The van der Waals surface area contributed by atoms with Crippen molar-refractivity contribution in [1.82, 2.24) is 9.21 Å². The summed E-state index contributed by atoms with van der Waals surface area (Å²) in [5.74, 6) is -1.11. The van der Waals surface area contributed by atoms with Gasteiger partial charge in [0.1, 0.15) is 0 Å². The summed E-state index contributed by atoms with van der Waals surface area (Å²) in [5.41, 5.74) is 1.33. The highest BCUT2D eigenvalue weighted by Crippen LogP contribution is 2.29. The summed E-state index contributed by atoms with van der Waals surface area (Å²) in [6, 6.07) is 3.10. The van der Waals surface area contributed by atoms with E-state index < -0.39 is 16.0 Å². The van der Waals surface area contributed by atoms with E-state index in [2.05, 4.69) is 4.90 Å². The highest BCUT2D eigenvalue weighted by atomic mass is 32.2. The van der Waals surface area contributed by atoms with E-state index >= 15 is 0 Å². The first kappa shape index (κ1) is 17.4. The molecule has 7 heteroatoms. The molecule has 0 unspecified atom stereocenters. The van der Waals surface area contributed by atoms with Gasteiger partial charge in [-0.2, -0.15) is 4.31 Å². The molecular weight excluding hydrogens is 328 g/mol. The van der Waals surface area contributed by atoms with Gasteiger partial charge in [-0.3, -0.25) is 4.90 Å². The molecule has 3 rings (SSSR count). The molecule has 0 radical (unpaired) electrons. The van der Waals surface area contributed by atoms with Crippen LogP contribution in [0.4, 0.5) is 0 Å². The van der Waals surface area contributed by atoms with Crippen molar-refractivity contribution in [2.24, 2.45) is 0 Å². The van der Waals surface area contributed by atoms with Gasteiger partial charge < -0.3 is 5.11 Å². The van der Waals surface area contributed by atoms with Crippen LogP contribution in [0.15, 0.2) is 17.0 Å². The molecule has 0 bridgehead atoms. The molecule has 2 aliphatic heterocycles. The van der Waals surface area contributed by atoms with Gasteiger partial charge in [0.25, 0.3) is 0 Å². The normalized spacial score (nSPS) is 23.0. The van der Waals surface area contributed by atoms with Crippen molar-refractivity contribution in [3.05, 3.63) is 28.8 Å². The predicted octanol–water partition coefficient (Wildman–Crippen LogP) is 1.86. The van der Waals surface area contributed by atoms with Crippen molar-refractivity contribution < 1.29 is 18.3 Å². The smallest absolute Gasteiger partial charge is 0.335 e. The van der Waals surface area contributed by atoms with Crippen LogP contribution in [0.3, 0.4) is 0 Å². The average molecular weight is 352 g/mol. The van der Waals surface area contributed by atoms with Gasteiger partial charge in [-0.25, -0.2) is 13.2 Å². The standard InChI is InChI=1S/C17H24N2O4S/c1-12-9-14(17(20)21)10-16(13(12)2)24(22,23)19-8-5-15(11-19)18-6-3-4-7-18/h9-10,15H,3-8,11H2,1-2H3,(H,20,21)/t15-/m1/s1. The number of hydrogen-bond acceptors (Lipinski definition) is 4. The SMILES string of the molecule is Cc1cc(C(=O)O)cc(S(=O)(=O)N2CC[C@@H](N3CCCC3)C2)c1C. The number of aryl methyl sites for hydroxylation is 1. The zero-order valence-corrected chi connectivity index (χ0v) is 15.0. The average Bonchev–Trinajstić information content (AvgIpc) is 3.20. The van der Waals surface area contributed by atoms with E-state index in [1.165, 1.54) is 29.3 Å². The van der Waals surface area contributed by atoms with E-state index in [0.29, 0.717) is 24.2 Å². The lowest BCUT2D eigenvalue weighted by Crippen LogP contribution is -2.37. The van der Waals surface area contributed by atoms with E-state index in [0.717, 1.165) is 19.5 Å². The van der Waals surface area contributed by atoms with Crippen LogP contribution in [0.2, 0.25) is 0 Å². The molecule has 2 heterocycles. The van der Waals surface area contributed by atoms with Crippen LogP contribution in [0, 0.1) is 13.8 Å². The number of carboxylic acids is 1. The fourth-order valence-electron chi connectivity index (χ4n) is 3.69. The summed E-state index contributed by atoms with van der Waals surface area (Å²) in [6.07, 6.45) is 3.21. The second-order valence-corrected chi connectivity index (χ2v) is 8.68. The van der Waals surface area contributed by atoms with E-state index in [-0.39, 0.29) is 16.5 Å². The Morgan fingerprint density at radius 3 is 2.46 bits per heavy atom. The molecule has 1 atom stereocenters. The molecule has 6 nitrogen and oxygen atoms in total. The maximum Gasteiger partial charge on any atom is 0.335 e. The van der Waals surface area contributed by atoms with Crippen LogP contribution in [-0.4, -0.2) is 60.9 Å². The lowest BCUT2D eigenvalue weighted by atomic mass is 10.1. The third-order valence-corrected chi connectivity index (χ3v) is 7.26.